The summed E-state index contributed by atoms with van der Waals surface area (Å²) in [7, 11) is 0. The number of carbonyl (C=O) groups excluding carboxylic acids is 6. The number of hydrogen-bond acceptors (Lipinski definition) is 13. The highest BCUT2D eigenvalue weighted by atomic mass is 19.1. The zero-order chi connectivity index (χ0) is 58.2. The molecular weight excluding hydrogens is 1050 g/mol. The summed E-state index contributed by atoms with van der Waals surface area (Å²) in [4.78, 5) is 113. The van der Waals surface area contributed by atoms with E-state index in [0.29, 0.717) is 58.1 Å². The molecule has 23 nitrogen and oxygen atoms in total. The monoisotopic (exact) mass is 1130 g/mol. The molecule has 7 amide bonds. The van der Waals surface area contributed by atoms with Gasteiger partial charge in [0.2, 0.25) is 29.5 Å². The first-order valence-corrected chi connectivity index (χ1v) is 26.8. The van der Waals surface area contributed by atoms with Gasteiger partial charge in [0.1, 0.15) is 23.9 Å². The van der Waals surface area contributed by atoms with Crippen molar-refractivity contribution in [3.8, 4) is 5.75 Å². The molecule has 1 saturated carbocycles. The smallest absolute Gasteiger partial charge is 0.326 e. The number of nitrogens with one attached hydrogen (secondary N) is 6. The quantitative estimate of drug-likeness (QED) is 0.0372. The lowest BCUT2D eigenvalue weighted by atomic mass is 9.81. The van der Waals surface area contributed by atoms with E-state index < -0.39 is 84.3 Å². The number of rotatable bonds is 38. The Morgan fingerprint density at radius 3 is 1.98 bits per heavy atom. The first kappa shape index (κ1) is 65.0. The number of nitrogens with zero attached hydrogens (tertiary/aromatic N) is 1. The number of hydrogen-bond donors (Lipinski definition) is 9. The first-order chi connectivity index (χ1) is 38.4. The Bertz CT molecular complexity index is 2520. The molecule has 25 heteroatoms. The Kier molecular flexibility index (Phi) is 29.2. The number of carbonyl (C=O) groups is 9. The van der Waals surface area contributed by atoms with Gasteiger partial charge in [-0.25, -0.2) is 23.2 Å². The molecule has 440 valence electrons. The number of carboxylic acid groups (broad SMARTS) is 3. The van der Waals surface area contributed by atoms with Crippen molar-refractivity contribution < 1.29 is 86.2 Å². The fraction of sp³-hybridized carbons (Fsp3) is 0.545. The highest BCUT2D eigenvalue weighted by Crippen LogP contribution is 2.29. The van der Waals surface area contributed by atoms with Crippen LogP contribution in [0.3, 0.4) is 0 Å². The van der Waals surface area contributed by atoms with Crippen LogP contribution in [0.25, 0.3) is 10.8 Å². The summed E-state index contributed by atoms with van der Waals surface area (Å²) in [6, 6.07) is 11.3. The van der Waals surface area contributed by atoms with Gasteiger partial charge < -0.3 is 71.1 Å². The lowest BCUT2D eigenvalue weighted by molar-refractivity contribution is -0.141. The lowest BCUT2D eigenvalue weighted by Crippen LogP contribution is -2.51. The Morgan fingerprint density at radius 1 is 0.650 bits per heavy atom. The van der Waals surface area contributed by atoms with Gasteiger partial charge in [0.15, 0.2) is 11.6 Å². The van der Waals surface area contributed by atoms with E-state index in [1.807, 2.05) is 42.5 Å². The molecule has 80 heavy (non-hydrogen) atoms. The molecule has 1 fully saturated rings. The molecule has 0 unspecified atom stereocenters. The van der Waals surface area contributed by atoms with Crippen LogP contribution < -0.4 is 36.6 Å². The van der Waals surface area contributed by atoms with Gasteiger partial charge in [-0.2, -0.15) is 0 Å². The molecule has 9 N–H and O–H groups in total. The van der Waals surface area contributed by atoms with Crippen molar-refractivity contribution in [2.45, 2.75) is 102 Å². The summed E-state index contributed by atoms with van der Waals surface area (Å²) >= 11 is 0. The maximum Gasteiger partial charge on any atom is 0.326 e. The van der Waals surface area contributed by atoms with Crippen LogP contribution in [0.1, 0.15) is 83.1 Å². The molecule has 4 rings (SSSR count). The summed E-state index contributed by atoms with van der Waals surface area (Å²) in [6.45, 7) is 3.48. The number of fused-ring (bicyclic) bond motifs is 1. The van der Waals surface area contributed by atoms with Crippen LogP contribution in [0.4, 0.5) is 13.6 Å². The number of halogens is 2. The van der Waals surface area contributed by atoms with E-state index in [0.717, 1.165) is 28.5 Å². The molecular formula is C55H75F2N7O16. The zero-order valence-corrected chi connectivity index (χ0v) is 45.0. The normalized spacial score (nSPS) is 15.1. The maximum absolute atomic E-state index is 14.2. The van der Waals surface area contributed by atoms with E-state index in [2.05, 4.69) is 31.9 Å². The van der Waals surface area contributed by atoms with Crippen molar-refractivity contribution in [3.05, 3.63) is 77.9 Å². The number of benzene rings is 3. The molecule has 0 bridgehead atoms. The van der Waals surface area contributed by atoms with Crippen LogP contribution in [0.15, 0.2) is 60.7 Å². The third-order valence-corrected chi connectivity index (χ3v) is 13.0. The van der Waals surface area contributed by atoms with Crippen molar-refractivity contribution in [2.75, 3.05) is 79.0 Å². The van der Waals surface area contributed by atoms with Gasteiger partial charge in [0, 0.05) is 57.9 Å². The molecule has 1 aliphatic rings. The maximum atomic E-state index is 14.2. The molecule has 0 radical (unpaired) electrons. The number of aliphatic carboxylic acids is 3. The second-order valence-electron chi connectivity index (χ2n) is 19.2. The average Bonchev–Trinajstić information content (AvgIpc) is 3.42. The highest BCUT2D eigenvalue weighted by molar-refractivity contribution is 5.90. The van der Waals surface area contributed by atoms with Crippen LogP contribution in [-0.2, 0) is 59.0 Å². The molecule has 0 heterocycles. The Hall–Kier alpha value is -7.51. The van der Waals surface area contributed by atoms with E-state index in [1.165, 1.54) is 11.8 Å². The minimum Gasteiger partial charge on any atom is -0.490 e. The largest absolute Gasteiger partial charge is 0.490 e. The van der Waals surface area contributed by atoms with E-state index in [-0.39, 0.29) is 121 Å². The Balaban J connectivity index is 1.25. The summed E-state index contributed by atoms with van der Waals surface area (Å²) < 4.78 is 49.4. The molecule has 0 aliphatic heterocycles. The van der Waals surface area contributed by atoms with Gasteiger partial charge in [-0.3, -0.25) is 28.8 Å². The van der Waals surface area contributed by atoms with Crippen molar-refractivity contribution in [1.82, 2.24) is 36.8 Å². The third kappa shape index (κ3) is 25.5. The first-order valence-electron chi connectivity index (χ1n) is 26.8. The average molecular weight is 1130 g/mol. The van der Waals surface area contributed by atoms with Crippen molar-refractivity contribution in [3.63, 3.8) is 0 Å². The highest BCUT2D eigenvalue weighted by Gasteiger charge is 2.31. The molecule has 3 atom stereocenters. The Labute approximate surface area is 462 Å². The summed E-state index contributed by atoms with van der Waals surface area (Å²) in [5.74, 6) is -8.04. The Morgan fingerprint density at radius 2 is 1.31 bits per heavy atom. The van der Waals surface area contributed by atoms with Crippen molar-refractivity contribution in [1.29, 1.82) is 0 Å². The second-order valence-corrected chi connectivity index (χ2v) is 19.2. The topological polar surface area (TPSA) is 327 Å². The van der Waals surface area contributed by atoms with Crippen LogP contribution in [-0.4, -0.2) is 171 Å². The molecule has 0 saturated heterocycles. The van der Waals surface area contributed by atoms with Crippen molar-refractivity contribution in [2.24, 2.45) is 11.8 Å². The molecule has 0 spiro atoms. The van der Waals surface area contributed by atoms with Crippen LogP contribution in [0, 0.1) is 23.5 Å². The number of ether oxygens (including phenoxy) is 4. The van der Waals surface area contributed by atoms with E-state index in [1.54, 1.807) is 0 Å². The van der Waals surface area contributed by atoms with Crippen LogP contribution in [0.2, 0.25) is 0 Å². The fourth-order valence-corrected chi connectivity index (χ4v) is 8.65. The van der Waals surface area contributed by atoms with Crippen molar-refractivity contribution >= 4 is 64.2 Å². The molecule has 0 aromatic heterocycles. The van der Waals surface area contributed by atoms with Gasteiger partial charge in [0.05, 0.1) is 59.2 Å². The van der Waals surface area contributed by atoms with Gasteiger partial charge >= 0.3 is 23.9 Å². The predicted octanol–water partition coefficient (Wildman–Crippen LogP) is 3.30. The van der Waals surface area contributed by atoms with Crippen LogP contribution >= 0.6 is 0 Å². The third-order valence-electron chi connectivity index (χ3n) is 13.0. The molecule has 1 aliphatic carbocycles. The van der Waals surface area contributed by atoms with Gasteiger partial charge in [-0.15, -0.1) is 0 Å². The van der Waals surface area contributed by atoms with E-state index >= 15 is 0 Å². The lowest BCUT2D eigenvalue weighted by Gasteiger charge is -2.29. The van der Waals surface area contributed by atoms with Gasteiger partial charge in [-0.05, 0) is 92.2 Å². The van der Waals surface area contributed by atoms with Crippen LogP contribution in [0.5, 0.6) is 5.75 Å². The second kappa shape index (κ2) is 35.9. The fourth-order valence-electron chi connectivity index (χ4n) is 8.65. The minimum absolute atomic E-state index is 0.0181. The number of carboxylic acids is 3. The minimum atomic E-state index is -1.56. The summed E-state index contributed by atoms with van der Waals surface area (Å²) in [5, 5.41) is 45.4. The SMILES string of the molecule is CC(=O)NCCOCCOCCOCCC(=O)N(CCCOc1ccc(F)cc1F)CC(=O)NCC1CCC(C(=O)N[C@@H](Cc2ccc3ccccc3c2)C(=O)NCCCC[C@H](NC(=O)N[C@@H](CCC(=O)O)C(=O)O)C(=O)O)CC1. The number of amides is 7. The van der Waals surface area contributed by atoms with Gasteiger partial charge in [-0.1, -0.05) is 42.5 Å². The predicted molar refractivity (Wildman–Crippen MR) is 285 cm³/mol. The molecule has 3 aromatic carbocycles. The van der Waals surface area contributed by atoms with E-state index in [9.17, 15) is 62.1 Å². The van der Waals surface area contributed by atoms with E-state index in [4.69, 9.17) is 24.1 Å². The number of urea groups is 1. The summed E-state index contributed by atoms with van der Waals surface area (Å²) in [6.07, 6.45) is 1.96. The van der Waals surface area contributed by atoms with Gasteiger partial charge in [0.25, 0.3) is 0 Å². The molecule has 3 aromatic rings. The standard InChI is InChI=1S/C55H75F2N7O16/c1-36(65)58-22-26-78-28-30-79-29-27-77-25-20-49(67)64(23-6-24-80-47-18-16-42(56)33-43(47)57)35-48(66)60-34-37-10-14-40(15-11-37)51(70)61-46(32-38-12-13-39-7-2-3-8-41(39)31-38)52(71)59-21-5-4-9-44(53(72)73)62-55(76)63-45(54(74)75)17-19-50(68)69/h2-3,7-8,12-13,16,18,31,33,37,40,44-46H,4-6,9-11,14-15,17,19-30,32,34-35H2,1H3,(H,58,65)(H,59,71)(H,60,66)(H,61,70)(H,68,69)(H,72,73)(H,74,75)(H2,62,63,76)/t37?,40?,44-,45-,46-/m0/s1. The number of unbranched alkanes of at least 4 members (excludes halogenated alkanes) is 1. The zero-order valence-electron chi connectivity index (χ0n) is 45.0. The summed E-state index contributed by atoms with van der Waals surface area (Å²) in [5.41, 5.74) is 0.796.